The Hall–Kier alpha value is -4.01. The Labute approximate surface area is 187 Å². The number of halogens is 3. The molecular formula is C24H21F3N2O4. The molecule has 0 fully saturated rings. The van der Waals surface area contributed by atoms with Crippen LogP contribution in [-0.4, -0.2) is 28.2 Å². The Kier molecular flexibility index (Phi) is 7.55. The number of carboxylic acids is 1. The SMILES string of the molecule is O=C(O)COc1cccc(/C=C/Cn2cccc2C(=O)NCc2ccc(C(F)(F)F)cc2)c1. The third-order valence-electron chi connectivity index (χ3n) is 4.63. The van der Waals surface area contributed by atoms with Crippen LogP contribution in [0, 0.1) is 0 Å². The number of carbonyl (C=O) groups is 2. The van der Waals surface area contributed by atoms with E-state index in [1.54, 1.807) is 41.1 Å². The minimum Gasteiger partial charge on any atom is -0.482 e. The number of ether oxygens (including phenoxy) is 1. The average Bonchev–Trinajstić information content (AvgIpc) is 3.25. The van der Waals surface area contributed by atoms with Crippen LogP contribution in [0.25, 0.3) is 6.08 Å². The van der Waals surface area contributed by atoms with Crippen molar-refractivity contribution in [1.82, 2.24) is 9.88 Å². The summed E-state index contributed by atoms with van der Waals surface area (Å²) in [6.45, 7) is 0.0683. The van der Waals surface area contributed by atoms with Crippen LogP contribution in [0.5, 0.6) is 5.75 Å². The molecule has 0 spiro atoms. The van der Waals surface area contributed by atoms with Crippen LogP contribution in [0.2, 0.25) is 0 Å². The van der Waals surface area contributed by atoms with Crippen molar-refractivity contribution in [3.8, 4) is 5.75 Å². The van der Waals surface area contributed by atoms with Crippen molar-refractivity contribution >= 4 is 18.0 Å². The lowest BCUT2D eigenvalue weighted by Crippen LogP contribution is -2.25. The first-order valence-corrected chi connectivity index (χ1v) is 9.93. The maximum Gasteiger partial charge on any atom is 0.416 e. The molecule has 0 aliphatic carbocycles. The average molecular weight is 458 g/mol. The van der Waals surface area contributed by atoms with E-state index in [1.165, 1.54) is 12.1 Å². The van der Waals surface area contributed by atoms with Crippen LogP contribution < -0.4 is 10.1 Å². The van der Waals surface area contributed by atoms with Gasteiger partial charge in [0.25, 0.3) is 5.91 Å². The van der Waals surface area contributed by atoms with Crippen LogP contribution in [-0.2, 0) is 24.1 Å². The van der Waals surface area contributed by atoms with Gasteiger partial charge in [0, 0.05) is 19.3 Å². The van der Waals surface area contributed by atoms with Gasteiger partial charge in [0.1, 0.15) is 11.4 Å². The Morgan fingerprint density at radius 1 is 1.06 bits per heavy atom. The van der Waals surface area contributed by atoms with Gasteiger partial charge in [0.15, 0.2) is 6.61 Å². The van der Waals surface area contributed by atoms with Crippen molar-refractivity contribution in [3.63, 3.8) is 0 Å². The van der Waals surface area contributed by atoms with E-state index in [-0.39, 0.29) is 12.5 Å². The van der Waals surface area contributed by atoms with Gasteiger partial charge in [0.05, 0.1) is 5.56 Å². The topological polar surface area (TPSA) is 80.6 Å². The molecule has 9 heteroatoms. The number of aliphatic carboxylic acids is 1. The molecule has 0 radical (unpaired) electrons. The number of allylic oxidation sites excluding steroid dienone is 1. The zero-order valence-corrected chi connectivity index (χ0v) is 17.4. The highest BCUT2D eigenvalue weighted by atomic mass is 19.4. The molecule has 0 aliphatic rings. The second-order valence-corrected chi connectivity index (χ2v) is 7.08. The predicted octanol–water partition coefficient (Wildman–Crippen LogP) is 4.61. The minimum atomic E-state index is -4.40. The summed E-state index contributed by atoms with van der Waals surface area (Å²) >= 11 is 0. The molecule has 0 aliphatic heterocycles. The fourth-order valence-corrected chi connectivity index (χ4v) is 3.02. The fourth-order valence-electron chi connectivity index (χ4n) is 3.02. The first kappa shape index (κ1) is 23.6. The van der Waals surface area contributed by atoms with Gasteiger partial charge < -0.3 is 19.7 Å². The van der Waals surface area contributed by atoms with Gasteiger partial charge in [-0.3, -0.25) is 4.79 Å². The van der Waals surface area contributed by atoms with Crippen molar-refractivity contribution in [2.24, 2.45) is 0 Å². The highest BCUT2D eigenvalue weighted by Crippen LogP contribution is 2.29. The normalized spacial score (nSPS) is 11.5. The van der Waals surface area contributed by atoms with Crippen LogP contribution in [0.4, 0.5) is 13.2 Å². The number of amides is 1. The second kappa shape index (κ2) is 10.5. The molecule has 3 rings (SSSR count). The summed E-state index contributed by atoms with van der Waals surface area (Å²) in [7, 11) is 0. The second-order valence-electron chi connectivity index (χ2n) is 7.08. The number of rotatable bonds is 9. The van der Waals surface area contributed by atoms with E-state index >= 15 is 0 Å². The molecule has 1 amide bonds. The predicted molar refractivity (Wildman–Crippen MR) is 116 cm³/mol. The number of carbonyl (C=O) groups excluding carboxylic acids is 1. The number of hydrogen-bond acceptors (Lipinski definition) is 3. The molecule has 2 N–H and O–H groups in total. The largest absolute Gasteiger partial charge is 0.482 e. The van der Waals surface area contributed by atoms with E-state index < -0.39 is 24.3 Å². The number of nitrogens with zero attached hydrogens (tertiary/aromatic N) is 1. The maximum atomic E-state index is 12.7. The lowest BCUT2D eigenvalue weighted by atomic mass is 10.1. The van der Waals surface area contributed by atoms with E-state index in [0.717, 1.165) is 17.7 Å². The van der Waals surface area contributed by atoms with E-state index in [9.17, 15) is 22.8 Å². The standard InChI is InChI=1S/C24H21F3N2O4/c25-24(26,27)19-10-8-18(9-11-19)15-28-23(32)21-7-3-13-29(21)12-2-5-17-4-1-6-20(14-17)33-16-22(30)31/h1-11,13-14H,12,15-16H2,(H,28,32)(H,30,31)/b5-2+. The molecule has 0 unspecified atom stereocenters. The number of aromatic nitrogens is 1. The van der Waals surface area contributed by atoms with Gasteiger partial charge in [-0.1, -0.05) is 36.4 Å². The molecule has 1 heterocycles. The molecule has 0 saturated carbocycles. The highest BCUT2D eigenvalue weighted by Gasteiger charge is 2.29. The first-order chi connectivity index (χ1) is 15.7. The van der Waals surface area contributed by atoms with Crippen molar-refractivity contribution in [2.75, 3.05) is 6.61 Å². The molecule has 6 nitrogen and oxygen atoms in total. The van der Waals surface area contributed by atoms with Gasteiger partial charge in [0.2, 0.25) is 0 Å². The van der Waals surface area contributed by atoms with Gasteiger partial charge >= 0.3 is 12.1 Å². The lowest BCUT2D eigenvalue weighted by molar-refractivity contribution is -0.139. The Morgan fingerprint density at radius 3 is 2.52 bits per heavy atom. The van der Waals surface area contributed by atoms with E-state index in [1.807, 2.05) is 18.2 Å². The molecule has 0 saturated heterocycles. The fraction of sp³-hybridized carbons (Fsp3) is 0.167. The zero-order valence-electron chi connectivity index (χ0n) is 17.4. The quantitative estimate of drug-likeness (QED) is 0.491. The molecule has 2 aromatic carbocycles. The third kappa shape index (κ3) is 6.99. The highest BCUT2D eigenvalue weighted by molar-refractivity contribution is 5.92. The Bertz CT molecular complexity index is 1140. The summed E-state index contributed by atoms with van der Waals surface area (Å²) in [6.07, 6.45) is 0.993. The first-order valence-electron chi connectivity index (χ1n) is 9.93. The molecule has 172 valence electrons. The Morgan fingerprint density at radius 2 is 1.82 bits per heavy atom. The van der Waals surface area contributed by atoms with Crippen molar-refractivity contribution in [3.05, 3.63) is 95.3 Å². The number of nitrogens with one attached hydrogen (secondary N) is 1. The molecule has 0 atom stereocenters. The van der Waals surface area contributed by atoms with Crippen LogP contribution in [0.15, 0.2) is 72.9 Å². The van der Waals surface area contributed by atoms with Crippen molar-refractivity contribution in [1.29, 1.82) is 0 Å². The molecule has 1 aromatic heterocycles. The summed E-state index contributed by atoms with van der Waals surface area (Å²) < 4.78 is 44.8. The molecular weight excluding hydrogens is 437 g/mol. The van der Waals surface area contributed by atoms with Gasteiger partial charge in [-0.25, -0.2) is 4.79 Å². The zero-order chi connectivity index (χ0) is 23.8. The van der Waals surface area contributed by atoms with Gasteiger partial charge in [-0.2, -0.15) is 13.2 Å². The maximum absolute atomic E-state index is 12.7. The van der Waals surface area contributed by atoms with Crippen molar-refractivity contribution in [2.45, 2.75) is 19.3 Å². The molecule has 0 bridgehead atoms. The minimum absolute atomic E-state index is 0.0983. The van der Waals surface area contributed by atoms with Crippen LogP contribution in [0.1, 0.15) is 27.2 Å². The number of hydrogen-bond donors (Lipinski definition) is 2. The van der Waals surface area contributed by atoms with Crippen LogP contribution >= 0.6 is 0 Å². The summed E-state index contributed by atoms with van der Waals surface area (Å²) in [5.41, 5.74) is 1.03. The number of benzene rings is 2. The summed E-state index contributed by atoms with van der Waals surface area (Å²) in [6, 6.07) is 14.9. The van der Waals surface area contributed by atoms with Crippen LogP contribution in [0.3, 0.4) is 0 Å². The monoisotopic (exact) mass is 458 g/mol. The van der Waals surface area contributed by atoms with Gasteiger partial charge in [-0.05, 0) is 47.5 Å². The van der Waals surface area contributed by atoms with E-state index in [0.29, 0.717) is 23.6 Å². The molecule has 33 heavy (non-hydrogen) atoms. The Balaban J connectivity index is 1.56. The summed E-state index contributed by atoms with van der Waals surface area (Å²) in [5, 5.41) is 11.4. The third-order valence-corrected chi connectivity index (χ3v) is 4.63. The van der Waals surface area contributed by atoms with E-state index in [4.69, 9.17) is 9.84 Å². The number of carboxylic acid groups (broad SMARTS) is 1. The molecule has 3 aromatic rings. The smallest absolute Gasteiger partial charge is 0.416 e. The summed E-state index contributed by atoms with van der Waals surface area (Å²) in [5.74, 6) is -0.978. The van der Waals surface area contributed by atoms with Crippen molar-refractivity contribution < 1.29 is 32.6 Å². The number of alkyl halides is 3. The van der Waals surface area contributed by atoms with E-state index in [2.05, 4.69) is 5.32 Å². The van der Waals surface area contributed by atoms with Gasteiger partial charge in [-0.15, -0.1) is 0 Å². The summed E-state index contributed by atoms with van der Waals surface area (Å²) in [4.78, 5) is 23.1. The lowest BCUT2D eigenvalue weighted by Gasteiger charge is -2.10.